The molecule has 1 atom stereocenters. The zero-order valence-electron chi connectivity index (χ0n) is 11.4. The fourth-order valence-corrected chi connectivity index (χ4v) is 1.95. The van der Waals surface area contributed by atoms with Gasteiger partial charge in [-0.15, -0.1) is 0 Å². The van der Waals surface area contributed by atoms with E-state index in [1.807, 2.05) is 0 Å². The van der Waals surface area contributed by atoms with Gasteiger partial charge >= 0.3 is 5.97 Å². The maximum Gasteiger partial charge on any atom is 0.306 e. The highest BCUT2D eigenvalue weighted by Gasteiger charge is 2.26. The van der Waals surface area contributed by atoms with Crippen molar-refractivity contribution in [1.29, 1.82) is 0 Å². The molecule has 110 valence electrons. The van der Waals surface area contributed by atoms with Crippen LogP contribution in [0, 0.1) is 5.82 Å². The standard InChI is InChI=1S/C16H15FO4/c1-16(20,10-15(18)19)11-5-7-13(8-6-11)21-14-4-2-3-12(17)9-14/h2-9,20H,10H2,1H3,(H,18,19). The van der Waals surface area contributed by atoms with Gasteiger partial charge in [0.05, 0.1) is 12.0 Å². The van der Waals surface area contributed by atoms with Gasteiger partial charge in [-0.05, 0) is 36.8 Å². The van der Waals surface area contributed by atoms with Crippen LogP contribution in [0.3, 0.4) is 0 Å². The summed E-state index contributed by atoms with van der Waals surface area (Å²) in [5.74, 6) is -0.649. The van der Waals surface area contributed by atoms with Crippen molar-refractivity contribution in [2.75, 3.05) is 0 Å². The van der Waals surface area contributed by atoms with Crippen molar-refractivity contribution < 1.29 is 24.1 Å². The van der Waals surface area contributed by atoms with Crippen LogP contribution in [0.1, 0.15) is 18.9 Å². The Hall–Kier alpha value is -2.40. The zero-order valence-corrected chi connectivity index (χ0v) is 11.4. The van der Waals surface area contributed by atoms with Crippen LogP contribution < -0.4 is 4.74 Å². The molecule has 0 heterocycles. The quantitative estimate of drug-likeness (QED) is 0.886. The van der Waals surface area contributed by atoms with E-state index >= 15 is 0 Å². The van der Waals surface area contributed by atoms with Gasteiger partial charge < -0.3 is 14.9 Å². The average Bonchev–Trinajstić information content (AvgIpc) is 2.38. The number of carboxylic acid groups (broad SMARTS) is 1. The van der Waals surface area contributed by atoms with Crippen LogP contribution in [-0.4, -0.2) is 16.2 Å². The summed E-state index contributed by atoms with van der Waals surface area (Å²) in [5, 5.41) is 18.9. The topological polar surface area (TPSA) is 66.8 Å². The first-order chi connectivity index (χ1) is 9.87. The molecule has 0 aliphatic carbocycles. The van der Waals surface area contributed by atoms with Crippen molar-refractivity contribution in [2.24, 2.45) is 0 Å². The lowest BCUT2D eigenvalue weighted by Crippen LogP contribution is -2.24. The highest BCUT2D eigenvalue weighted by atomic mass is 19.1. The SMILES string of the molecule is CC(O)(CC(=O)O)c1ccc(Oc2cccc(F)c2)cc1. The largest absolute Gasteiger partial charge is 0.481 e. The number of rotatable bonds is 5. The van der Waals surface area contributed by atoms with E-state index in [4.69, 9.17) is 9.84 Å². The number of halogens is 1. The Balaban J connectivity index is 2.14. The van der Waals surface area contributed by atoms with Crippen LogP contribution >= 0.6 is 0 Å². The fourth-order valence-electron chi connectivity index (χ4n) is 1.95. The second-order valence-electron chi connectivity index (χ2n) is 4.93. The van der Waals surface area contributed by atoms with Crippen LogP contribution in [0.2, 0.25) is 0 Å². The van der Waals surface area contributed by atoms with E-state index in [9.17, 15) is 14.3 Å². The molecule has 1 unspecified atom stereocenters. The number of aliphatic hydroxyl groups is 1. The van der Waals surface area contributed by atoms with Gasteiger partial charge in [0, 0.05) is 6.07 Å². The van der Waals surface area contributed by atoms with Crippen LogP contribution in [0.5, 0.6) is 11.5 Å². The third-order valence-corrected chi connectivity index (χ3v) is 3.00. The highest BCUT2D eigenvalue weighted by Crippen LogP contribution is 2.28. The Kier molecular flexibility index (Phi) is 4.23. The van der Waals surface area contributed by atoms with Crippen molar-refractivity contribution >= 4 is 5.97 Å². The Morgan fingerprint density at radius 3 is 2.43 bits per heavy atom. The van der Waals surface area contributed by atoms with E-state index < -0.39 is 23.8 Å². The summed E-state index contributed by atoms with van der Waals surface area (Å²) in [6.45, 7) is 1.43. The van der Waals surface area contributed by atoms with Gasteiger partial charge in [0.2, 0.25) is 0 Å². The third-order valence-electron chi connectivity index (χ3n) is 3.00. The Morgan fingerprint density at radius 2 is 1.86 bits per heavy atom. The molecule has 0 spiro atoms. The minimum Gasteiger partial charge on any atom is -0.481 e. The number of ether oxygens (including phenoxy) is 1. The molecule has 4 nitrogen and oxygen atoms in total. The van der Waals surface area contributed by atoms with E-state index in [0.717, 1.165) is 0 Å². The molecule has 0 saturated heterocycles. The molecule has 0 aromatic heterocycles. The van der Waals surface area contributed by atoms with Crippen LogP contribution in [0.15, 0.2) is 48.5 Å². The monoisotopic (exact) mass is 290 g/mol. The highest BCUT2D eigenvalue weighted by molar-refractivity contribution is 5.68. The smallest absolute Gasteiger partial charge is 0.306 e. The maximum absolute atomic E-state index is 13.0. The number of hydrogen-bond acceptors (Lipinski definition) is 3. The lowest BCUT2D eigenvalue weighted by molar-refractivity contribution is -0.142. The van der Waals surface area contributed by atoms with E-state index in [1.54, 1.807) is 30.3 Å². The lowest BCUT2D eigenvalue weighted by Gasteiger charge is -2.21. The summed E-state index contributed by atoms with van der Waals surface area (Å²) in [6.07, 6.45) is -0.392. The van der Waals surface area contributed by atoms with Gasteiger partial charge in [-0.1, -0.05) is 18.2 Å². The molecule has 0 saturated carbocycles. The molecule has 0 bridgehead atoms. The molecule has 0 aliphatic heterocycles. The molecule has 0 fully saturated rings. The van der Waals surface area contributed by atoms with Gasteiger partial charge in [-0.2, -0.15) is 0 Å². The Labute approximate surface area is 121 Å². The van der Waals surface area contributed by atoms with Crippen molar-refractivity contribution in [1.82, 2.24) is 0 Å². The second-order valence-corrected chi connectivity index (χ2v) is 4.93. The molecule has 2 N–H and O–H groups in total. The Morgan fingerprint density at radius 1 is 1.19 bits per heavy atom. The molecule has 0 aliphatic rings. The van der Waals surface area contributed by atoms with Crippen LogP contribution in [0.25, 0.3) is 0 Å². The van der Waals surface area contributed by atoms with Gasteiger partial charge in [-0.3, -0.25) is 4.79 Å². The number of hydrogen-bond donors (Lipinski definition) is 2. The van der Waals surface area contributed by atoms with Gasteiger partial charge in [0.1, 0.15) is 17.3 Å². The average molecular weight is 290 g/mol. The molecular formula is C16H15FO4. The summed E-state index contributed by atoms with van der Waals surface area (Å²) in [5.41, 5.74) is -0.986. The summed E-state index contributed by atoms with van der Waals surface area (Å²) in [6, 6.07) is 12.1. The number of aliphatic carboxylic acids is 1. The summed E-state index contributed by atoms with van der Waals surface area (Å²) in [7, 11) is 0. The lowest BCUT2D eigenvalue weighted by atomic mass is 9.93. The summed E-state index contributed by atoms with van der Waals surface area (Å²) < 4.78 is 18.5. The molecule has 0 radical (unpaired) electrons. The minimum atomic E-state index is -1.46. The van der Waals surface area contributed by atoms with Crippen LogP contribution in [0.4, 0.5) is 4.39 Å². The van der Waals surface area contributed by atoms with Crippen molar-refractivity contribution in [3.8, 4) is 11.5 Å². The fraction of sp³-hybridized carbons (Fsp3) is 0.188. The minimum absolute atomic E-state index is 0.361. The van der Waals surface area contributed by atoms with Crippen molar-refractivity contribution in [2.45, 2.75) is 18.9 Å². The molecule has 2 aromatic rings. The van der Waals surface area contributed by atoms with E-state index in [0.29, 0.717) is 17.1 Å². The molecule has 2 aromatic carbocycles. The Bertz CT molecular complexity index is 635. The zero-order chi connectivity index (χ0) is 15.5. The first-order valence-electron chi connectivity index (χ1n) is 6.35. The number of carbonyl (C=O) groups is 1. The van der Waals surface area contributed by atoms with E-state index in [-0.39, 0.29) is 0 Å². The van der Waals surface area contributed by atoms with Crippen molar-refractivity contribution in [3.63, 3.8) is 0 Å². The first kappa shape index (κ1) is 15.0. The number of carboxylic acids is 1. The van der Waals surface area contributed by atoms with Gasteiger partial charge in [0.15, 0.2) is 0 Å². The van der Waals surface area contributed by atoms with E-state index in [1.165, 1.54) is 25.1 Å². The van der Waals surface area contributed by atoms with Gasteiger partial charge in [0.25, 0.3) is 0 Å². The van der Waals surface area contributed by atoms with Gasteiger partial charge in [-0.25, -0.2) is 4.39 Å². The predicted octanol–water partition coefficient (Wildman–Crippen LogP) is 3.30. The van der Waals surface area contributed by atoms with E-state index in [2.05, 4.69) is 0 Å². The number of benzene rings is 2. The molecule has 0 amide bonds. The normalized spacial score (nSPS) is 13.5. The first-order valence-corrected chi connectivity index (χ1v) is 6.35. The summed E-state index contributed by atoms with van der Waals surface area (Å²) in [4.78, 5) is 10.7. The predicted molar refractivity (Wildman–Crippen MR) is 74.7 cm³/mol. The molecular weight excluding hydrogens is 275 g/mol. The maximum atomic E-state index is 13.0. The molecule has 5 heteroatoms. The van der Waals surface area contributed by atoms with Crippen LogP contribution in [-0.2, 0) is 10.4 Å². The summed E-state index contributed by atoms with van der Waals surface area (Å²) >= 11 is 0. The van der Waals surface area contributed by atoms with Crippen molar-refractivity contribution in [3.05, 3.63) is 59.9 Å². The molecule has 21 heavy (non-hydrogen) atoms. The molecule has 2 rings (SSSR count). The second kappa shape index (κ2) is 5.93. The third kappa shape index (κ3) is 4.03.